The highest BCUT2D eigenvalue weighted by Crippen LogP contribution is 2.30. The second kappa shape index (κ2) is 8.02. The zero-order valence-electron chi connectivity index (χ0n) is 13.1. The van der Waals surface area contributed by atoms with Crippen molar-refractivity contribution in [2.24, 2.45) is 5.73 Å². The first-order valence-electron chi connectivity index (χ1n) is 8.87. The number of primary amides is 1. The molecule has 1 aliphatic carbocycles. The van der Waals surface area contributed by atoms with E-state index in [1.165, 1.54) is 90.1 Å². The van der Waals surface area contributed by atoms with E-state index in [2.05, 4.69) is 0 Å². The van der Waals surface area contributed by atoms with Crippen molar-refractivity contribution in [3.8, 4) is 0 Å². The van der Waals surface area contributed by atoms with E-state index in [0.717, 1.165) is 4.48 Å². The quantitative estimate of drug-likeness (QED) is 0.792. The first-order chi connectivity index (χ1) is 9.73. The lowest BCUT2D eigenvalue weighted by molar-refractivity contribution is -0.945. The predicted octanol–water partition coefficient (Wildman–Crippen LogP) is 3.37. The van der Waals surface area contributed by atoms with Gasteiger partial charge in [-0.2, -0.15) is 0 Å². The summed E-state index contributed by atoms with van der Waals surface area (Å²) in [6.07, 6.45) is 16.1. The van der Waals surface area contributed by atoms with Crippen LogP contribution in [0.2, 0.25) is 0 Å². The number of nitrogens with two attached hydrogens (primary N) is 1. The molecule has 0 aromatic carbocycles. The lowest BCUT2D eigenvalue weighted by Gasteiger charge is -2.46. The second-order valence-electron chi connectivity index (χ2n) is 7.06. The third kappa shape index (κ3) is 4.47. The van der Waals surface area contributed by atoms with Gasteiger partial charge in [-0.25, -0.2) is 0 Å². The minimum Gasteiger partial charge on any atom is -0.365 e. The van der Waals surface area contributed by atoms with Gasteiger partial charge in [0, 0.05) is 0 Å². The highest BCUT2D eigenvalue weighted by molar-refractivity contribution is 5.74. The Morgan fingerprint density at radius 3 is 1.75 bits per heavy atom. The molecule has 2 fully saturated rings. The number of likely N-dealkylation sites (tertiary alicyclic amines) is 1. The maximum atomic E-state index is 11.7. The SMILES string of the molecule is NC(=O)C[N+]1(C2CCCCCCC2)CCCCCCC1. The number of quaternary nitrogens is 1. The van der Waals surface area contributed by atoms with E-state index in [-0.39, 0.29) is 5.91 Å². The largest absolute Gasteiger partial charge is 0.365 e. The molecule has 0 bridgehead atoms. The molecular formula is C17H33N2O+. The summed E-state index contributed by atoms with van der Waals surface area (Å²) in [5, 5.41) is 0. The van der Waals surface area contributed by atoms with Gasteiger partial charge in [0.15, 0.2) is 6.54 Å². The van der Waals surface area contributed by atoms with Crippen molar-refractivity contribution in [2.45, 2.75) is 83.1 Å². The summed E-state index contributed by atoms with van der Waals surface area (Å²) in [4.78, 5) is 11.7. The molecule has 0 atom stereocenters. The minimum atomic E-state index is -0.0902. The smallest absolute Gasteiger partial charge is 0.272 e. The van der Waals surface area contributed by atoms with Gasteiger partial charge in [-0.1, -0.05) is 25.7 Å². The van der Waals surface area contributed by atoms with E-state index in [1.807, 2.05) is 0 Å². The molecule has 3 nitrogen and oxygen atoms in total. The van der Waals surface area contributed by atoms with E-state index < -0.39 is 0 Å². The Balaban J connectivity index is 2.11. The van der Waals surface area contributed by atoms with Gasteiger partial charge in [0.2, 0.25) is 0 Å². The minimum absolute atomic E-state index is 0.0902. The summed E-state index contributed by atoms with van der Waals surface area (Å²) >= 11 is 0. The Hall–Kier alpha value is -0.570. The number of nitrogens with zero attached hydrogens (tertiary/aromatic N) is 1. The molecule has 3 heteroatoms. The number of carbonyl (C=O) groups is 1. The molecule has 20 heavy (non-hydrogen) atoms. The fraction of sp³-hybridized carbons (Fsp3) is 0.941. The fourth-order valence-corrected chi connectivity index (χ4v) is 4.44. The lowest BCUT2D eigenvalue weighted by Crippen LogP contribution is -2.60. The van der Waals surface area contributed by atoms with Crippen molar-refractivity contribution < 1.29 is 9.28 Å². The Kier molecular flexibility index (Phi) is 6.34. The average molecular weight is 281 g/mol. The first-order valence-corrected chi connectivity index (χ1v) is 8.87. The highest BCUT2D eigenvalue weighted by Gasteiger charge is 2.37. The molecule has 2 rings (SSSR count). The fourth-order valence-electron chi connectivity index (χ4n) is 4.44. The van der Waals surface area contributed by atoms with Gasteiger partial charge < -0.3 is 10.2 Å². The molecule has 1 saturated heterocycles. The Morgan fingerprint density at radius 2 is 1.25 bits per heavy atom. The first kappa shape index (κ1) is 15.8. The molecule has 1 heterocycles. The van der Waals surface area contributed by atoms with E-state index in [9.17, 15) is 4.79 Å². The number of hydrogen-bond acceptors (Lipinski definition) is 1. The van der Waals surface area contributed by atoms with Crippen molar-refractivity contribution in [3.05, 3.63) is 0 Å². The maximum absolute atomic E-state index is 11.7. The molecule has 0 aromatic heterocycles. The molecule has 1 amide bonds. The summed E-state index contributed by atoms with van der Waals surface area (Å²) in [5.74, 6) is -0.0902. The number of carbonyl (C=O) groups excluding carboxylic acids is 1. The van der Waals surface area contributed by atoms with Crippen LogP contribution in [-0.2, 0) is 4.79 Å². The van der Waals surface area contributed by atoms with Gasteiger partial charge in [-0.05, 0) is 51.4 Å². The van der Waals surface area contributed by atoms with E-state index >= 15 is 0 Å². The Bertz CT molecular complexity index is 287. The Labute approximate surface area is 124 Å². The normalized spacial score (nSPS) is 26.0. The number of amides is 1. The van der Waals surface area contributed by atoms with Crippen molar-refractivity contribution >= 4 is 5.91 Å². The van der Waals surface area contributed by atoms with Crippen molar-refractivity contribution in [1.82, 2.24) is 0 Å². The summed E-state index contributed by atoms with van der Waals surface area (Å²) in [6, 6.07) is 0.695. The van der Waals surface area contributed by atoms with Crippen molar-refractivity contribution in [1.29, 1.82) is 0 Å². The molecule has 2 N–H and O–H groups in total. The Morgan fingerprint density at radius 1 is 0.800 bits per heavy atom. The molecule has 116 valence electrons. The van der Waals surface area contributed by atoms with Gasteiger partial charge in [0.05, 0.1) is 19.1 Å². The van der Waals surface area contributed by atoms with Crippen LogP contribution in [0.1, 0.15) is 77.0 Å². The zero-order valence-corrected chi connectivity index (χ0v) is 13.1. The van der Waals surface area contributed by atoms with Crippen LogP contribution < -0.4 is 5.73 Å². The summed E-state index contributed by atoms with van der Waals surface area (Å²) in [5.41, 5.74) is 5.62. The molecule has 1 aliphatic heterocycles. The van der Waals surface area contributed by atoms with Crippen LogP contribution in [0, 0.1) is 0 Å². The highest BCUT2D eigenvalue weighted by atomic mass is 16.1. The molecule has 2 aliphatic rings. The third-order valence-electron chi connectivity index (χ3n) is 5.53. The standard InChI is InChI=1S/C17H32N2O/c18-17(20)15-19(13-9-5-2-6-10-14-19)16-11-7-3-1-4-8-12-16/h16H,1-15H2,(H-,18,20)/p+1. The van der Waals surface area contributed by atoms with Crippen LogP contribution in [0.3, 0.4) is 0 Å². The second-order valence-corrected chi connectivity index (χ2v) is 7.06. The number of hydrogen-bond donors (Lipinski definition) is 1. The van der Waals surface area contributed by atoms with Crippen LogP contribution in [0.15, 0.2) is 0 Å². The van der Waals surface area contributed by atoms with Crippen LogP contribution in [0.4, 0.5) is 0 Å². The van der Waals surface area contributed by atoms with Gasteiger partial charge in [-0.15, -0.1) is 0 Å². The van der Waals surface area contributed by atoms with E-state index in [1.54, 1.807) is 0 Å². The topological polar surface area (TPSA) is 43.1 Å². The van der Waals surface area contributed by atoms with Crippen molar-refractivity contribution in [3.63, 3.8) is 0 Å². The molecular weight excluding hydrogens is 248 g/mol. The van der Waals surface area contributed by atoms with Gasteiger partial charge in [-0.3, -0.25) is 4.79 Å². The van der Waals surface area contributed by atoms with Crippen LogP contribution in [0.5, 0.6) is 0 Å². The van der Waals surface area contributed by atoms with E-state index in [4.69, 9.17) is 5.73 Å². The summed E-state index contributed by atoms with van der Waals surface area (Å²) in [6.45, 7) is 2.96. The van der Waals surface area contributed by atoms with Gasteiger partial charge in [0.1, 0.15) is 0 Å². The summed E-state index contributed by atoms with van der Waals surface area (Å²) < 4.78 is 1.02. The number of rotatable bonds is 3. The molecule has 0 unspecified atom stereocenters. The molecule has 0 radical (unpaired) electrons. The van der Waals surface area contributed by atoms with Gasteiger partial charge in [0.25, 0.3) is 5.91 Å². The third-order valence-corrected chi connectivity index (χ3v) is 5.53. The lowest BCUT2D eigenvalue weighted by atomic mass is 9.92. The maximum Gasteiger partial charge on any atom is 0.272 e. The molecule has 1 saturated carbocycles. The predicted molar refractivity (Wildman–Crippen MR) is 83.2 cm³/mol. The monoisotopic (exact) mass is 281 g/mol. The average Bonchev–Trinajstić information content (AvgIpc) is 2.32. The molecule has 0 aromatic rings. The zero-order chi connectivity index (χ0) is 14.3. The van der Waals surface area contributed by atoms with E-state index in [0.29, 0.717) is 12.6 Å². The van der Waals surface area contributed by atoms with Crippen LogP contribution in [0.25, 0.3) is 0 Å². The molecule has 0 spiro atoms. The van der Waals surface area contributed by atoms with Crippen LogP contribution >= 0.6 is 0 Å². The van der Waals surface area contributed by atoms with Gasteiger partial charge >= 0.3 is 0 Å². The van der Waals surface area contributed by atoms with Crippen molar-refractivity contribution in [2.75, 3.05) is 19.6 Å². The summed E-state index contributed by atoms with van der Waals surface area (Å²) in [7, 11) is 0. The van der Waals surface area contributed by atoms with Crippen LogP contribution in [-0.4, -0.2) is 36.1 Å².